The third-order valence-electron chi connectivity index (χ3n) is 3.40. The molecule has 1 saturated heterocycles. The molecular weight excluding hydrogens is 399 g/mol. The summed E-state index contributed by atoms with van der Waals surface area (Å²) in [6, 6.07) is 5.03. The normalized spacial score (nSPS) is 20.0. The first-order valence-electron chi connectivity index (χ1n) is 6.65. The molecule has 8 heteroatoms. The molecule has 0 amide bonds. The molecule has 120 valence electrons. The van der Waals surface area contributed by atoms with Crippen LogP contribution in [0.3, 0.4) is 0 Å². The van der Waals surface area contributed by atoms with E-state index in [1.54, 1.807) is 22.5 Å². The molecule has 1 heterocycles. The molecular formula is C13H19BrCl2N2O2S. The molecule has 0 aromatic heterocycles. The molecule has 21 heavy (non-hydrogen) atoms. The van der Waals surface area contributed by atoms with Crippen molar-refractivity contribution < 1.29 is 8.42 Å². The van der Waals surface area contributed by atoms with E-state index in [1.807, 2.05) is 0 Å². The van der Waals surface area contributed by atoms with Crippen molar-refractivity contribution in [1.29, 1.82) is 0 Å². The molecule has 0 saturated carbocycles. The van der Waals surface area contributed by atoms with E-state index >= 15 is 0 Å². The van der Waals surface area contributed by atoms with E-state index in [1.165, 1.54) is 0 Å². The Labute approximate surface area is 145 Å². The van der Waals surface area contributed by atoms with Crippen LogP contribution < -0.4 is 5.32 Å². The Morgan fingerprint density at radius 1 is 1.48 bits per heavy atom. The van der Waals surface area contributed by atoms with Gasteiger partial charge in [-0.2, -0.15) is 4.31 Å². The number of piperazine rings is 1. The maximum Gasteiger partial charge on any atom is 0.246 e. The first kappa shape index (κ1) is 19.2. The second kappa shape index (κ2) is 8.13. The number of sulfonamides is 1. The van der Waals surface area contributed by atoms with Crippen molar-refractivity contribution in [2.45, 2.75) is 30.7 Å². The Hall–Kier alpha value is 0.150. The summed E-state index contributed by atoms with van der Waals surface area (Å²) >= 11 is 9.41. The molecule has 1 atom stereocenters. The zero-order chi connectivity index (χ0) is 14.8. The van der Waals surface area contributed by atoms with Crippen LogP contribution in [0, 0.1) is 0 Å². The van der Waals surface area contributed by atoms with Crippen molar-refractivity contribution in [1.82, 2.24) is 9.62 Å². The number of nitrogens with one attached hydrogen (secondary N) is 1. The second-order valence-electron chi connectivity index (χ2n) is 4.81. The van der Waals surface area contributed by atoms with Gasteiger partial charge < -0.3 is 5.32 Å². The molecule has 0 bridgehead atoms. The Kier molecular flexibility index (Phi) is 7.43. The van der Waals surface area contributed by atoms with Crippen molar-refractivity contribution in [3.63, 3.8) is 0 Å². The lowest BCUT2D eigenvalue weighted by Gasteiger charge is -2.35. The van der Waals surface area contributed by atoms with E-state index in [0.29, 0.717) is 24.1 Å². The Bertz CT molecular complexity index is 561. The maximum absolute atomic E-state index is 12.9. The third kappa shape index (κ3) is 4.12. The van der Waals surface area contributed by atoms with Crippen LogP contribution in [0.25, 0.3) is 0 Å². The van der Waals surface area contributed by atoms with Crippen molar-refractivity contribution in [3.05, 3.63) is 27.7 Å². The Morgan fingerprint density at radius 2 is 2.19 bits per heavy atom. The van der Waals surface area contributed by atoms with Gasteiger partial charge in [0.2, 0.25) is 10.0 Å². The molecule has 1 unspecified atom stereocenters. The molecule has 4 nitrogen and oxygen atoms in total. The van der Waals surface area contributed by atoms with Crippen LogP contribution >= 0.6 is 39.9 Å². The van der Waals surface area contributed by atoms with Crippen molar-refractivity contribution in [2.75, 3.05) is 19.6 Å². The number of halogens is 3. The Balaban J connectivity index is 0.00000220. The number of hydrogen-bond donors (Lipinski definition) is 1. The molecule has 1 aromatic carbocycles. The van der Waals surface area contributed by atoms with Crippen molar-refractivity contribution in [2.24, 2.45) is 0 Å². The van der Waals surface area contributed by atoms with Gasteiger partial charge in [0.1, 0.15) is 4.90 Å². The average Bonchev–Trinajstić information content (AvgIpc) is 2.39. The van der Waals surface area contributed by atoms with Gasteiger partial charge >= 0.3 is 0 Å². The van der Waals surface area contributed by atoms with Gasteiger partial charge in [-0.1, -0.05) is 31.0 Å². The summed E-state index contributed by atoms with van der Waals surface area (Å²) < 4.78 is 27.9. The van der Waals surface area contributed by atoms with E-state index in [0.717, 1.165) is 12.8 Å². The highest BCUT2D eigenvalue weighted by molar-refractivity contribution is 9.10. The fourth-order valence-corrected chi connectivity index (χ4v) is 5.81. The molecule has 1 N–H and O–H groups in total. The zero-order valence-corrected chi connectivity index (χ0v) is 15.7. The summed E-state index contributed by atoms with van der Waals surface area (Å²) in [5, 5.41) is 3.51. The van der Waals surface area contributed by atoms with E-state index in [9.17, 15) is 8.42 Å². The minimum Gasteiger partial charge on any atom is -0.314 e. The molecule has 1 aromatic rings. The van der Waals surface area contributed by atoms with Gasteiger partial charge in [0.05, 0.1) is 5.02 Å². The molecule has 2 rings (SSSR count). The maximum atomic E-state index is 12.9. The summed E-state index contributed by atoms with van der Waals surface area (Å²) in [4.78, 5) is 0.171. The molecule has 0 spiro atoms. The van der Waals surface area contributed by atoms with Crippen molar-refractivity contribution in [3.8, 4) is 0 Å². The highest BCUT2D eigenvalue weighted by Crippen LogP contribution is 2.33. The standard InChI is InChI=1S/C13H18BrClN2O2S.ClH/c1-2-4-10-9-16-7-8-17(10)20(18,19)13-11(14)5-3-6-12(13)15;/h3,5-6,10,16H,2,4,7-9H2,1H3;1H. The summed E-state index contributed by atoms with van der Waals surface area (Å²) in [5.74, 6) is 0. The Morgan fingerprint density at radius 3 is 2.81 bits per heavy atom. The average molecular weight is 418 g/mol. The van der Waals surface area contributed by atoms with E-state index in [2.05, 4.69) is 28.2 Å². The largest absolute Gasteiger partial charge is 0.314 e. The van der Waals surface area contributed by atoms with E-state index in [4.69, 9.17) is 11.6 Å². The molecule has 1 aliphatic rings. The van der Waals surface area contributed by atoms with Gasteiger partial charge in [-0.25, -0.2) is 8.42 Å². The number of hydrogen-bond acceptors (Lipinski definition) is 3. The molecule has 0 radical (unpaired) electrons. The fourth-order valence-electron chi connectivity index (χ4n) is 2.48. The quantitative estimate of drug-likeness (QED) is 0.817. The highest BCUT2D eigenvalue weighted by Gasteiger charge is 2.35. The monoisotopic (exact) mass is 416 g/mol. The second-order valence-corrected chi connectivity index (χ2v) is 7.90. The lowest BCUT2D eigenvalue weighted by atomic mass is 10.1. The smallest absolute Gasteiger partial charge is 0.246 e. The van der Waals surface area contributed by atoms with Crippen LogP contribution in [0.1, 0.15) is 19.8 Å². The summed E-state index contributed by atoms with van der Waals surface area (Å²) in [6.45, 7) is 3.89. The van der Waals surface area contributed by atoms with Gasteiger partial charge in [-0.3, -0.25) is 0 Å². The van der Waals surface area contributed by atoms with Crippen LogP contribution in [0.5, 0.6) is 0 Å². The summed E-state index contributed by atoms with van der Waals surface area (Å²) in [5.41, 5.74) is 0. The predicted octanol–water partition coefficient (Wildman–Crippen LogP) is 3.29. The van der Waals surface area contributed by atoms with Gasteiger partial charge in [0, 0.05) is 30.1 Å². The lowest BCUT2D eigenvalue weighted by Crippen LogP contribution is -2.53. The number of nitrogens with zero attached hydrogens (tertiary/aromatic N) is 1. The summed E-state index contributed by atoms with van der Waals surface area (Å²) in [7, 11) is -3.58. The van der Waals surface area contributed by atoms with Crippen LogP contribution in [0.15, 0.2) is 27.6 Å². The van der Waals surface area contributed by atoms with E-state index < -0.39 is 10.0 Å². The van der Waals surface area contributed by atoms with E-state index in [-0.39, 0.29) is 28.4 Å². The van der Waals surface area contributed by atoms with Crippen molar-refractivity contribution >= 4 is 50.0 Å². The molecule has 1 fully saturated rings. The third-order valence-corrected chi connectivity index (χ3v) is 6.81. The minimum atomic E-state index is -3.58. The topological polar surface area (TPSA) is 49.4 Å². The van der Waals surface area contributed by atoms with Gasteiger partial charge in [0.15, 0.2) is 0 Å². The van der Waals surface area contributed by atoms with Gasteiger partial charge in [0.25, 0.3) is 0 Å². The predicted molar refractivity (Wildman–Crippen MR) is 91.9 cm³/mol. The SMILES string of the molecule is CCCC1CNCCN1S(=O)(=O)c1c(Cl)cccc1Br.Cl. The van der Waals surface area contributed by atoms with Gasteiger partial charge in [-0.15, -0.1) is 12.4 Å². The zero-order valence-electron chi connectivity index (χ0n) is 11.7. The lowest BCUT2D eigenvalue weighted by molar-refractivity contribution is 0.254. The van der Waals surface area contributed by atoms with Gasteiger partial charge in [-0.05, 0) is 34.5 Å². The first-order valence-corrected chi connectivity index (χ1v) is 9.26. The molecule has 1 aliphatic heterocycles. The fraction of sp³-hybridized carbons (Fsp3) is 0.538. The van der Waals surface area contributed by atoms with Crippen LogP contribution in [-0.2, 0) is 10.0 Å². The van der Waals surface area contributed by atoms with Crippen LogP contribution in [0.2, 0.25) is 5.02 Å². The summed E-state index contributed by atoms with van der Waals surface area (Å²) in [6.07, 6.45) is 1.79. The van der Waals surface area contributed by atoms with Crippen LogP contribution in [-0.4, -0.2) is 38.4 Å². The number of rotatable bonds is 4. The number of benzene rings is 1. The highest BCUT2D eigenvalue weighted by atomic mass is 79.9. The minimum absolute atomic E-state index is 0. The first-order chi connectivity index (χ1) is 9.48. The molecule has 0 aliphatic carbocycles. The van der Waals surface area contributed by atoms with Crippen LogP contribution in [0.4, 0.5) is 0 Å².